The number of halogens is 3. The smallest absolute Gasteiger partial charge is 0.307 e. The summed E-state index contributed by atoms with van der Waals surface area (Å²) in [6, 6.07) is 5.98. The molecule has 1 aromatic heterocycles. The van der Waals surface area contributed by atoms with E-state index in [1.165, 1.54) is 24.5 Å². The first-order valence-corrected chi connectivity index (χ1v) is 6.31. The van der Waals surface area contributed by atoms with Crippen LogP contribution in [-0.2, 0) is 6.18 Å². The van der Waals surface area contributed by atoms with Crippen molar-refractivity contribution in [2.75, 3.05) is 5.32 Å². The average Bonchev–Trinajstić information content (AvgIpc) is 2.53. The van der Waals surface area contributed by atoms with E-state index in [1.807, 2.05) is 0 Å². The zero-order chi connectivity index (χ0) is 16.9. The number of carbonyl (C=O) groups is 2. The summed E-state index contributed by atoms with van der Waals surface area (Å²) in [6.45, 7) is 0. The Labute approximate surface area is 128 Å². The van der Waals surface area contributed by atoms with E-state index in [0.717, 1.165) is 24.3 Å². The fourth-order valence-corrected chi connectivity index (χ4v) is 1.59. The molecule has 0 spiro atoms. The van der Waals surface area contributed by atoms with Gasteiger partial charge in [0, 0.05) is 23.6 Å². The largest absolute Gasteiger partial charge is 0.416 e. The third-order valence-electron chi connectivity index (χ3n) is 2.70. The zero-order valence-corrected chi connectivity index (χ0v) is 11.5. The van der Waals surface area contributed by atoms with Gasteiger partial charge in [0.25, 0.3) is 5.91 Å². The number of hydrogen-bond donors (Lipinski definition) is 3. The van der Waals surface area contributed by atoms with Crippen LogP contribution < -0.4 is 16.2 Å². The maximum Gasteiger partial charge on any atom is 0.416 e. The van der Waals surface area contributed by atoms with Crippen molar-refractivity contribution in [1.29, 1.82) is 0 Å². The zero-order valence-electron chi connectivity index (χ0n) is 11.5. The lowest BCUT2D eigenvalue weighted by atomic mass is 10.2. The van der Waals surface area contributed by atoms with Crippen LogP contribution in [0.1, 0.15) is 15.9 Å². The van der Waals surface area contributed by atoms with Crippen LogP contribution >= 0.6 is 0 Å². The number of alkyl halides is 3. The van der Waals surface area contributed by atoms with E-state index < -0.39 is 23.7 Å². The van der Waals surface area contributed by atoms with Crippen molar-refractivity contribution >= 4 is 17.6 Å². The first-order chi connectivity index (χ1) is 10.9. The number of benzene rings is 1. The highest BCUT2D eigenvalue weighted by Gasteiger charge is 2.29. The van der Waals surface area contributed by atoms with E-state index >= 15 is 0 Å². The van der Waals surface area contributed by atoms with Gasteiger partial charge < -0.3 is 5.32 Å². The van der Waals surface area contributed by atoms with Crippen LogP contribution in [0.2, 0.25) is 0 Å². The monoisotopic (exact) mass is 324 g/mol. The van der Waals surface area contributed by atoms with Crippen molar-refractivity contribution in [3.8, 4) is 0 Å². The van der Waals surface area contributed by atoms with Gasteiger partial charge in [0.1, 0.15) is 0 Å². The molecule has 0 saturated heterocycles. The topological polar surface area (TPSA) is 83.1 Å². The second kappa shape index (κ2) is 6.77. The predicted molar refractivity (Wildman–Crippen MR) is 75.3 cm³/mol. The molecule has 0 aliphatic rings. The van der Waals surface area contributed by atoms with Crippen LogP contribution in [0.5, 0.6) is 0 Å². The number of nitrogens with one attached hydrogen (secondary N) is 3. The molecule has 0 bridgehead atoms. The molecular formula is C14H11F3N4O2. The lowest BCUT2D eigenvalue weighted by Gasteiger charge is -2.10. The van der Waals surface area contributed by atoms with E-state index in [2.05, 4.69) is 21.2 Å². The van der Waals surface area contributed by atoms with Crippen molar-refractivity contribution in [2.45, 2.75) is 6.18 Å². The molecule has 0 aliphatic carbocycles. The molecule has 0 atom stereocenters. The molecule has 0 unspecified atom stereocenters. The molecule has 1 heterocycles. The van der Waals surface area contributed by atoms with Gasteiger partial charge in [-0.1, -0.05) is 0 Å². The molecule has 0 radical (unpaired) electrons. The number of pyridine rings is 1. The molecule has 120 valence electrons. The van der Waals surface area contributed by atoms with Crippen LogP contribution in [0.3, 0.4) is 0 Å². The molecule has 1 aromatic carbocycles. The summed E-state index contributed by atoms with van der Waals surface area (Å²) < 4.78 is 37.2. The van der Waals surface area contributed by atoms with E-state index in [0.29, 0.717) is 0 Å². The number of nitrogens with zero attached hydrogens (tertiary/aromatic N) is 1. The Kier molecular flexibility index (Phi) is 4.79. The van der Waals surface area contributed by atoms with Gasteiger partial charge in [0.15, 0.2) is 0 Å². The minimum atomic E-state index is -4.45. The summed E-state index contributed by atoms with van der Waals surface area (Å²) in [5, 5.41) is 2.28. The Hall–Kier alpha value is -3.10. The summed E-state index contributed by atoms with van der Waals surface area (Å²) in [5.41, 5.74) is 3.84. The summed E-state index contributed by atoms with van der Waals surface area (Å²) >= 11 is 0. The number of aromatic nitrogens is 1. The van der Waals surface area contributed by atoms with Crippen molar-refractivity contribution in [1.82, 2.24) is 15.8 Å². The van der Waals surface area contributed by atoms with Gasteiger partial charge in [-0.05, 0) is 36.4 Å². The van der Waals surface area contributed by atoms with Crippen LogP contribution in [0.25, 0.3) is 0 Å². The highest BCUT2D eigenvalue weighted by molar-refractivity contribution is 5.96. The van der Waals surface area contributed by atoms with Crippen LogP contribution in [0.4, 0.5) is 23.7 Å². The molecule has 0 aliphatic heterocycles. The average molecular weight is 324 g/mol. The van der Waals surface area contributed by atoms with Gasteiger partial charge in [-0.2, -0.15) is 13.2 Å². The number of rotatable bonds is 2. The quantitative estimate of drug-likeness (QED) is 0.743. The first-order valence-electron chi connectivity index (χ1n) is 6.31. The van der Waals surface area contributed by atoms with Crippen LogP contribution in [0, 0.1) is 0 Å². The molecule has 6 nitrogen and oxygen atoms in total. The fraction of sp³-hybridized carbons (Fsp3) is 0.0714. The molecule has 9 heteroatoms. The summed E-state index contributed by atoms with van der Waals surface area (Å²) in [7, 11) is 0. The molecular weight excluding hydrogens is 313 g/mol. The molecule has 2 aromatic rings. The minimum Gasteiger partial charge on any atom is -0.307 e. The number of hydrogen-bond acceptors (Lipinski definition) is 3. The first kappa shape index (κ1) is 16.3. The van der Waals surface area contributed by atoms with E-state index in [1.54, 1.807) is 0 Å². The number of urea groups is 1. The van der Waals surface area contributed by atoms with Gasteiger partial charge in [-0.15, -0.1) is 0 Å². The maximum absolute atomic E-state index is 12.4. The molecule has 23 heavy (non-hydrogen) atoms. The lowest BCUT2D eigenvalue weighted by Crippen LogP contribution is -2.43. The van der Waals surface area contributed by atoms with Gasteiger partial charge in [-0.25, -0.2) is 10.2 Å². The molecule has 2 rings (SSSR count). The highest BCUT2D eigenvalue weighted by atomic mass is 19.4. The third kappa shape index (κ3) is 4.70. The van der Waals surface area contributed by atoms with Crippen LogP contribution in [0.15, 0.2) is 48.8 Å². The van der Waals surface area contributed by atoms with E-state index in [9.17, 15) is 22.8 Å². The lowest BCUT2D eigenvalue weighted by molar-refractivity contribution is -0.137. The number of anilines is 1. The van der Waals surface area contributed by atoms with Gasteiger partial charge in [-0.3, -0.25) is 15.2 Å². The second-order valence-electron chi connectivity index (χ2n) is 4.34. The van der Waals surface area contributed by atoms with Gasteiger partial charge >= 0.3 is 12.2 Å². The predicted octanol–water partition coefficient (Wildman–Crippen LogP) is 2.57. The number of amides is 3. The van der Waals surface area contributed by atoms with Crippen molar-refractivity contribution in [2.24, 2.45) is 0 Å². The normalized spacial score (nSPS) is 10.7. The van der Waals surface area contributed by atoms with E-state index in [4.69, 9.17) is 0 Å². The minimum absolute atomic E-state index is 0.147. The molecule has 0 saturated carbocycles. The van der Waals surface area contributed by atoms with Gasteiger partial charge in [0.05, 0.1) is 5.56 Å². The van der Waals surface area contributed by atoms with Crippen molar-refractivity contribution in [3.63, 3.8) is 0 Å². The molecule has 3 N–H and O–H groups in total. The Bertz CT molecular complexity index is 687. The van der Waals surface area contributed by atoms with Gasteiger partial charge in [0.2, 0.25) is 0 Å². The van der Waals surface area contributed by atoms with Crippen molar-refractivity contribution < 1.29 is 22.8 Å². The number of hydrazine groups is 1. The van der Waals surface area contributed by atoms with Crippen LogP contribution in [-0.4, -0.2) is 16.9 Å². The second-order valence-corrected chi connectivity index (χ2v) is 4.34. The fourth-order valence-electron chi connectivity index (χ4n) is 1.59. The summed E-state index contributed by atoms with van der Waals surface area (Å²) in [5.74, 6) is -0.560. The third-order valence-corrected chi connectivity index (χ3v) is 2.70. The molecule has 0 fully saturated rings. The Morgan fingerprint density at radius 3 is 2.09 bits per heavy atom. The summed E-state index contributed by atoms with van der Waals surface area (Å²) in [6.07, 6.45) is -1.62. The standard InChI is InChI=1S/C14H11F3N4O2/c15-14(16,17)10-1-3-11(4-2-10)19-13(23)21-20-12(22)9-5-7-18-8-6-9/h1-8H,(H,20,22)(H2,19,21,23). The maximum atomic E-state index is 12.4. The molecule has 3 amide bonds. The Morgan fingerprint density at radius 1 is 0.913 bits per heavy atom. The highest BCUT2D eigenvalue weighted by Crippen LogP contribution is 2.29. The summed E-state index contributed by atoms with van der Waals surface area (Å²) in [4.78, 5) is 27.0. The number of carbonyl (C=O) groups excluding carboxylic acids is 2. The Morgan fingerprint density at radius 2 is 1.52 bits per heavy atom. The SMILES string of the molecule is O=C(NNC(=O)c1ccncc1)Nc1ccc(C(F)(F)F)cc1. The Balaban J connectivity index is 1.86. The van der Waals surface area contributed by atoms with E-state index in [-0.39, 0.29) is 11.3 Å². The van der Waals surface area contributed by atoms with Crippen molar-refractivity contribution in [3.05, 3.63) is 59.9 Å².